The minimum atomic E-state index is -2.68. The highest BCUT2D eigenvalue weighted by atomic mass is 19.3. The van der Waals surface area contributed by atoms with Crippen molar-refractivity contribution in [3.05, 3.63) is 66.4 Å². The summed E-state index contributed by atoms with van der Waals surface area (Å²) in [5, 5.41) is 13.3. The fourth-order valence-corrected chi connectivity index (χ4v) is 4.43. The van der Waals surface area contributed by atoms with Crippen LogP contribution in [0.5, 0.6) is 0 Å². The number of anilines is 1. The van der Waals surface area contributed by atoms with Gasteiger partial charge in [-0.15, -0.1) is 0 Å². The van der Waals surface area contributed by atoms with Gasteiger partial charge in [-0.25, -0.2) is 8.78 Å². The molecule has 3 aromatic rings. The standard InChI is InChI=1S/C27H29F2N7O2/c1-16(36-9-8-27(28,29)15-36)2-6-20(12-30)32-26(38)24-22-11-18(5-7-23(22)34-35-24)19-10-21(14-31-13-19)33-25(37)17-3-4-17/h2,5-7,10-14,16-17H,3-4,8-9,15,30H2,1H3,(H,32,38)(H,33,37)(H,34,35)/b6-2-,20-12+. The zero-order valence-electron chi connectivity index (χ0n) is 20.9. The lowest BCUT2D eigenvalue weighted by molar-refractivity contribution is -0.117. The number of carbonyl (C=O) groups excluding carboxylic acids is 2. The molecule has 11 heteroatoms. The summed E-state index contributed by atoms with van der Waals surface area (Å²) in [6, 6.07) is 7.11. The van der Waals surface area contributed by atoms with Gasteiger partial charge in [0.1, 0.15) is 0 Å². The molecule has 5 N–H and O–H groups in total. The van der Waals surface area contributed by atoms with Crippen LogP contribution in [-0.4, -0.2) is 56.9 Å². The van der Waals surface area contributed by atoms with Crippen molar-refractivity contribution in [1.82, 2.24) is 25.4 Å². The molecule has 1 atom stereocenters. The molecule has 2 fully saturated rings. The number of hydrogen-bond acceptors (Lipinski definition) is 6. The van der Waals surface area contributed by atoms with Gasteiger partial charge in [0.2, 0.25) is 5.91 Å². The Morgan fingerprint density at radius 2 is 2.05 bits per heavy atom. The van der Waals surface area contributed by atoms with E-state index in [9.17, 15) is 18.4 Å². The number of rotatable bonds is 8. The number of carbonyl (C=O) groups is 2. The number of H-pyrrole nitrogens is 1. The molecule has 2 aliphatic rings. The van der Waals surface area contributed by atoms with Gasteiger partial charge in [0.25, 0.3) is 11.8 Å². The second-order valence-electron chi connectivity index (χ2n) is 9.81. The molecule has 3 heterocycles. The van der Waals surface area contributed by atoms with Crippen molar-refractivity contribution >= 4 is 28.4 Å². The lowest BCUT2D eigenvalue weighted by Crippen LogP contribution is -2.32. The first-order chi connectivity index (χ1) is 18.2. The third-order valence-electron chi connectivity index (χ3n) is 6.83. The van der Waals surface area contributed by atoms with Crippen molar-refractivity contribution in [2.45, 2.75) is 38.2 Å². The molecule has 0 bridgehead atoms. The van der Waals surface area contributed by atoms with E-state index in [1.165, 1.54) is 6.20 Å². The average molecular weight is 522 g/mol. The van der Waals surface area contributed by atoms with Gasteiger partial charge in [0, 0.05) is 48.3 Å². The van der Waals surface area contributed by atoms with Gasteiger partial charge in [-0.2, -0.15) is 5.10 Å². The number of alkyl halides is 2. The van der Waals surface area contributed by atoms with Crippen LogP contribution in [0.25, 0.3) is 22.0 Å². The summed E-state index contributed by atoms with van der Waals surface area (Å²) >= 11 is 0. The number of nitrogens with one attached hydrogen (secondary N) is 3. The van der Waals surface area contributed by atoms with Gasteiger partial charge < -0.3 is 16.4 Å². The molecule has 9 nitrogen and oxygen atoms in total. The van der Waals surface area contributed by atoms with E-state index < -0.39 is 11.8 Å². The highest BCUT2D eigenvalue weighted by Crippen LogP contribution is 2.31. The van der Waals surface area contributed by atoms with Crippen molar-refractivity contribution in [3.63, 3.8) is 0 Å². The number of nitrogens with zero attached hydrogens (tertiary/aromatic N) is 3. The number of nitrogens with two attached hydrogens (primary N) is 1. The molecule has 1 saturated carbocycles. The molecule has 198 valence electrons. The number of allylic oxidation sites excluding steroid dienone is 1. The summed E-state index contributed by atoms with van der Waals surface area (Å²) in [5.74, 6) is -3.07. The second kappa shape index (κ2) is 10.3. The van der Waals surface area contributed by atoms with Crippen LogP contribution < -0.4 is 16.4 Å². The minimum Gasteiger partial charge on any atom is -0.403 e. The molecule has 1 unspecified atom stereocenters. The molecule has 0 radical (unpaired) electrons. The summed E-state index contributed by atoms with van der Waals surface area (Å²) < 4.78 is 27.1. The molecule has 5 rings (SSSR count). The van der Waals surface area contributed by atoms with Crippen molar-refractivity contribution < 1.29 is 18.4 Å². The van der Waals surface area contributed by atoms with Crippen molar-refractivity contribution in [1.29, 1.82) is 0 Å². The third kappa shape index (κ3) is 5.72. The van der Waals surface area contributed by atoms with Gasteiger partial charge in [-0.3, -0.25) is 24.6 Å². The quantitative estimate of drug-likeness (QED) is 0.334. The van der Waals surface area contributed by atoms with Gasteiger partial charge in [-0.05, 0) is 49.6 Å². The molecule has 38 heavy (non-hydrogen) atoms. The highest BCUT2D eigenvalue weighted by molar-refractivity contribution is 6.06. The van der Waals surface area contributed by atoms with Gasteiger partial charge in [-0.1, -0.05) is 12.1 Å². The van der Waals surface area contributed by atoms with Crippen molar-refractivity contribution in [2.24, 2.45) is 11.7 Å². The molecule has 1 saturated heterocycles. The first kappa shape index (κ1) is 25.5. The van der Waals surface area contributed by atoms with Crippen LogP contribution >= 0.6 is 0 Å². The van der Waals surface area contributed by atoms with Crippen molar-refractivity contribution in [3.8, 4) is 11.1 Å². The summed E-state index contributed by atoms with van der Waals surface area (Å²) in [6.07, 6.45) is 9.52. The summed E-state index contributed by atoms with van der Waals surface area (Å²) in [4.78, 5) is 31.1. The number of halogens is 2. The first-order valence-electron chi connectivity index (χ1n) is 12.5. The number of aromatic amines is 1. The predicted molar refractivity (Wildman–Crippen MR) is 140 cm³/mol. The SMILES string of the molecule is CC(/C=C\C(=C/N)NC(=O)c1n[nH]c2ccc(-c3cncc(NC(=O)C4CC4)c3)cc12)N1CCC(F)(F)C1. The largest absolute Gasteiger partial charge is 0.403 e. The minimum absolute atomic E-state index is 0.00114. The fourth-order valence-electron chi connectivity index (χ4n) is 4.43. The van der Waals surface area contributed by atoms with E-state index in [1.807, 2.05) is 31.2 Å². The zero-order valence-corrected chi connectivity index (χ0v) is 20.9. The molecule has 1 aromatic carbocycles. The normalized spacial score (nSPS) is 18.7. The van der Waals surface area contributed by atoms with Crippen LogP contribution in [-0.2, 0) is 4.79 Å². The van der Waals surface area contributed by atoms with E-state index in [-0.39, 0.29) is 36.5 Å². The Kier molecular flexibility index (Phi) is 6.94. The molecule has 2 amide bonds. The van der Waals surface area contributed by atoms with Crippen LogP contribution in [0.3, 0.4) is 0 Å². The van der Waals surface area contributed by atoms with E-state index in [1.54, 1.807) is 29.4 Å². The molecule has 2 aromatic heterocycles. The van der Waals surface area contributed by atoms with Gasteiger partial charge in [0.15, 0.2) is 5.69 Å². The Morgan fingerprint density at radius 3 is 2.76 bits per heavy atom. The van der Waals surface area contributed by atoms with Crippen LogP contribution in [0.4, 0.5) is 14.5 Å². The number of hydrogen-bond donors (Lipinski definition) is 4. The second-order valence-corrected chi connectivity index (χ2v) is 9.81. The Hall–Kier alpha value is -4.12. The summed E-state index contributed by atoms with van der Waals surface area (Å²) in [7, 11) is 0. The average Bonchev–Trinajstić information content (AvgIpc) is 3.57. The van der Waals surface area contributed by atoms with Crippen molar-refractivity contribution in [2.75, 3.05) is 18.4 Å². The summed E-state index contributed by atoms with van der Waals surface area (Å²) in [6.45, 7) is 1.83. The van der Waals surface area contributed by atoms with Gasteiger partial charge >= 0.3 is 0 Å². The molecular weight excluding hydrogens is 492 g/mol. The van der Waals surface area contributed by atoms with E-state index >= 15 is 0 Å². The molecule has 0 spiro atoms. The monoisotopic (exact) mass is 521 g/mol. The predicted octanol–water partition coefficient (Wildman–Crippen LogP) is 3.79. The Balaban J connectivity index is 1.30. The van der Waals surface area contributed by atoms with E-state index in [4.69, 9.17) is 5.73 Å². The maximum absolute atomic E-state index is 13.5. The number of amides is 2. The lowest BCUT2D eigenvalue weighted by atomic mass is 10.0. The Morgan fingerprint density at radius 1 is 1.24 bits per heavy atom. The zero-order chi connectivity index (χ0) is 26.9. The summed E-state index contributed by atoms with van der Waals surface area (Å²) in [5.41, 5.74) is 9.07. The highest BCUT2D eigenvalue weighted by Gasteiger charge is 2.39. The van der Waals surface area contributed by atoms with Crippen LogP contribution in [0.15, 0.2) is 60.7 Å². The van der Waals surface area contributed by atoms with Crippen LogP contribution in [0.1, 0.15) is 36.7 Å². The Bertz CT molecular complexity index is 1430. The number of likely N-dealkylation sites (tertiary alicyclic amines) is 1. The van der Waals surface area contributed by atoms with E-state index in [2.05, 4.69) is 25.8 Å². The fraction of sp³-hybridized carbons (Fsp3) is 0.333. The number of fused-ring (bicyclic) bond motifs is 1. The van der Waals surface area contributed by atoms with E-state index in [0.29, 0.717) is 28.8 Å². The Labute approximate surface area is 218 Å². The lowest BCUT2D eigenvalue weighted by Gasteiger charge is -2.21. The molecular formula is C27H29F2N7O2. The number of benzene rings is 1. The molecule has 1 aliphatic carbocycles. The number of pyridine rings is 1. The van der Waals surface area contributed by atoms with Crippen LogP contribution in [0.2, 0.25) is 0 Å². The van der Waals surface area contributed by atoms with Crippen LogP contribution in [0, 0.1) is 5.92 Å². The molecule has 1 aliphatic heterocycles. The third-order valence-corrected chi connectivity index (χ3v) is 6.83. The van der Waals surface area contributed by atoms with E-state index in [0.717, 1.165) is 24.0 Å². The number of aromatic nitrogens is 3. The maximum Gasteiger partial charge on any atom is 0.276 e. The topological polar surface area (TPSA) is 129 Å². The first-order valence-corrected chi connectivity index (χ1v) is 12.5. The van der Waals surface area contributed by atoms with Gasteiger partial charge in [0.05, 0.1) is 29.6 Å². The maximum atomic E-state index is 13.5. The smallest absolute Gasteiger partial charge is 0.276 e.